The number of piperidine rings is 1. The van der Waals surface area contributed by atoms with E-state index in [4.69, 9.17) is 9.47 Å². The van der Waals surface area contributed by atoms with Gasteiger partial charge in [-0.15, -0.1) is 0 Å². The first kappa shape index (κ1) is 16.0. The number of anilines is 1. The molecule has 1 saturated heterocycles. The number of benzene rings is 1. The molecule has 1 N–H and O–H groups in total. The lowest BCUT2D eigenvalue weighted by molar-refractivity contribution is 0.172. The molecule has 4 heteroatoms. The van der Waals surface area contributed by atoms with Gasteiger partial charge in [0.1, 0.15) is 0 Å². The van der Waals surface area contributed by atoms with Crippen molar-refractivity contribution in [2.24, 2.45) is 5.92 Å². The van der Waals surface area contributed by atoms with Gasteiger partial charge < -0.3 is 19.7 Å². The number of rotatable bonds is 6. The van der Waals surface area contributed by atoms with Crippen molar-refractivity contribution in [2.75, 3.05) is 39.2 Å². The van der Waals surface area contributed by atoms with Crippen molar-refractivity contribution in [1.29, 1.82) is 0 Å². The third-order valence-electron chi connectivity index (χ3n) is 4.47. The highest BCUT2D eigenvalue weighted by Crippen LogP contribution is 2.31. The summed E-state index contributed by atoms with van der Waals surface area (Å²) in [6.45, 7) is 8.11. The van der Waals surface area contributed by atoms with Gasteiger partial charge in [-0.2, -0.15) is 0 Å². The fourth-order valence-corrected chi connectivity index (χ4v) is 3.09. The summed E-state index contributed by atoms with van der Waals surface area (Å²) in [7, 11) is 3.33. The number of likely N-dealkylation sites (tertiary alicyclic amines) is 1. The Kier molecular flexibility index (Phi) is 5.74. The summed E-state index contributed by atoms with van der Waals surface area (Å²) < 4.78 is 10.6. The monoisotopic (exact) mass is 292 g/mol. The normalized spacial score (nSPS) is 20.9. The van der Waals surface area contributed by atoms with E-state index in [1.807, 2.05) is 12.1 Å². The number of nitrogens with zero attached hydrogens (tertiary/aromatic N) is 1. The largest absolute Gasteiger partial charge is 0.493 e. The van der Waals surface area contributed by atoms with Crippen LogP contribution in [-0.2, 0) is 0 Å². The topological polar surface area (TPSA) is 33.7 Å². The van der Waals surface area contributed by atoms with Crippen LogP contribution in [0.15, 0.2) is 18.2 Å². The first-order valence-electron chi connectivity index (χ1n) is 7.88. The van der Waals surface area contributed by atoms with E-state index in [-0.39, 0.29) is 0 Å². The molecule has 1 aliphatic rings. The van der Waals surface area contributed by atoms with E-state index in [1.165, 1.54) is 25.9 Å². The van der Waals surface area contributed by atoms with E-state index in [0.29, 0.717) is 12.0 Å². The Balaban J connectivity index is 2.00. The SMILES string of the molecule is CCN1CCCC(C(C)Nc2ccc(OC)c(OC)c2)C1. The molecule has 0 saturated carbocycles. The second kappa shape index (κ2) is 7.55. The van der Waals surface area contributed by atoms with Crippen LogP contribution in [0.4, 0.5) is 5.69 Å². The van der Waals surface area contributed by atoms with Crippen LogP contribution in [0.25, 0.3) is 0 Å². The Morgan fingerprint density at radius 2 is 2.05 bits per heavy atom. The summed E-state index contributed by atoms with van der Waals surface area (Å²) in [6, 6.07) is 6.47. The van der Waals surface area contributed by atoms with Crippen molar-refractivity contribution >= 4 is 5.69 Å². The minimum absolute atomic E-state index is 0.456. The first-order chi connectivity index (χ1) is 10.2. The minimum Gasteiger partial charge on any atom is -0.493 e. The van der Waals surface area contributed by atoms with Gasteiger partial charge in [-0.05, 0) is 50.9 Å². The zero-order valence-electron chi connectivity index (χ0n) is 13.7. The third-order valence-corrected chi connectivity index (χ3v) is 4.47. The molecule has 118 valence electrons. The quantitative estimate of drug-likeness (QED) is 0.873. The first-order valence-corrected chi connectivity index (χ1v) is 7.88. The summed E-state index contributed by atoms with van der Waals surface area (Å²) in [5, 5.41) is 3.62. The lowest BCUT2D eigenvalue weighted by atomic mass is 9.91. The van der Waals surface area contributed by atoms with Crippen LogP contribution >= 0.6 is 0 Å². The van der Waals surface area contributed by atoms with Crippen molar-refractivity contribution in [3.63, 3.8) is 0 Å². The van der Waals surface area contributed by atoms with E-state index in [2.05, 4.69) is 30.1 Å². The molecule has 1 fully saturated rings. The molecule has 0 spiro atoms. The molecular weight excluding hydrogens is 264 g/mol. The van der Waals surface area contributed by atoms with E-state index >= 15 is 0 Å². The van der Waals surface area contributed by atoms with Crippen molar-refractivity contribution in [3.8, 4) is 11.5 Å². The van der Waals surface area contributed by atoms with Crippen LogP contribution in [0.3, 0.4) is 0 Å². The van der Waals surface area contributed by atoms with Gasteiger partial charge in [-0.25, -0.2) is 0 Å². The molecule has 0 aliphatic carbocycles. The predicted octanol–water partition coefficient (Wildman–Crippen LogP) is 3.24. The van der Waals surface area contributed by atoms with Gasteiger partial charge in [-0.1, -0.05) is 6.92 Å². The number of ether oxygens (including phenoxy) is 2. The van der Waals surface area contributed by atoms with Gasteiger partial charge in [-0.3, -0.25) is 0 Å². The van der Waals surface area contributed by atoms with Crippen LogP contribution in [-0.4, -0.2) is 44.8 Å². The molecule has 2 unspecified atom stereocenters. The average molecular weight is 292 g/mol. The number of hydrogen-bond donors (Lipinski definition) is 1. The number of methoxy groups -OCH3 is 2. The zero-order valence-corrected chi connectivity index (χ0v) is 13.7. The Morgan fingerprint density at radius 3 is 2.71 bits per heavy atom. The highest BCUT2D eigenvalue weighted by molar-refractivity contribution is 5.55. The summed E-state index contributed by atoms with van der Waals surface area (Å²) in [5.41, 5.74) is 1.09. The molecule has 4 nitrogen and oxygen atoms in total. The summed E-state index contributed by atoms with van der Waals surface area (Å²) in [4.78, 5) is 2.54. The minimum atomic E-state index is 0.456. The predicted molar refractivity (Wildman–Crippen MR) is 87.5 cm³/mol. The molecule has 1 aromatic rings. The van der Waals surface area contributed by atoms with Gasteiger partial charge in [0.05, 0.1) is 14.2 Å². The standard InChI is InChI=1S/C17H28N2O2/c1-5-19-10-6-7-14(12-19)13(2)18-15-8-9-16(20-3)17(11-15)21-4/h8-9,11,13-14,18H,5-7,10,12H2,1-4H3. The number of hydrogen-bond acceptors (Lipinski definition) is 4. The van der Waals surface area contributed by atoms with E-state index in [9.17, 15) is 0 Å². The molecule has 0 amide bonds. The average Bonchev–Trinajstić information content (AvgIpc) is 2.54. The van der Waals surface area contributed by atoms with Crippen molar-refractivity contribution < 1.29 is 9.47 Å². The van der Waals surface area contributed by atoms with Gasteiger partial charge in [0, 0.05) is 24.3 Å². The molecule has 1 aromatic carbocycles. The summed E-state index contributed by atoms with van der Waals surface area (Å²) in [5.74, 6) is 2.24. The maximum atomic E-state index is 5.37. The summed E-state index contributed by atoms with van der Waals surface area (Å²) in [6.07, 6.45) is 2.61. The fourth-order valence-electron chi connectivity index (χ4n) is 3.09. The molecule has 2 rings (SSSR count). The van der Waals surface area contributed by atoms with Gasteiger partial charge >= 0.3 is 0 Å². The highest BCUT2D eigenvalue weighted by atomic mass is 16.5. The van der Waals surface area contributed by atoms with Crippen LogP contribution in [0.1, 0.15) is 26.7 Å². The zero-order chi connectivity index (χ0) is 15.2. The van der Waals surface area contributed by atoms with Gasteiger partial charge in [0.2, 0.25) is 0 Å². The molecule has 0 bridgehead atoms. The molecule has 2 atom stereocenters. The second-order valence-corrected chi connectivity index (χ2v) is 5.80. The highest BCUT2D eigenvalue weighted by Gasteiger charge is 2.23. The molecule has 0 radical (unpaired) electrons. The maximum Gasteiger partial charge on any atom is 0.162 e. The third kappa shape index (κ3) is 4.03. The molecule has 21 heavy (non-hydrogen) atoms. The molecule has 1 aliphatic heterocycles. The van der Waals surface area contributed by atoms with Crippen LogP contribution in [0.2, 0.25) is 0 Å². The maximum absolute atomic E-state index is 5.37. The molecular formula is C17H28N2O2. The van der Waals surface area contributed by atoms with E-state index in [1.54, 1.807) is 14.2 Å². The van der Waals surface area contributed by atoms with E-state index in [0.717, 1.165) is 23.7 Å². The van der Waals surface area contributed by atoms with Crippen molar-refractivity contribution in [1.82, 2.24) is 4.90 Å². The number of nitrogens with one attached hydrogen (secondary N) is 1. The van der Waals surface area contributed by atoms with E-state index < -0.39 is 0 Å². The van der Waals surface area contributed by atoms with Crippen LogP contribution in [0.5, 0.6) is 11.5 Å². The Hall–Kier alpha value is -1.42. The van der Waals surface area contributed by atoms with Gasteiger partial charge in [0.15, 0.2) is 11.5 Å². The van der Waals surface area contributed by atoms with Crippen molar-refractivity contribution in [2.45, 2.75) is 32.7 Å². The second-order valence-electron chi connectivity index (χ2n) is 5.80. The Bertz CT molecular complexity index is 450. The Morgan fingerprint density at radius 1 is 1.29 bits per heavy atom. The summed E-state index contributed by atoms with van der Waals surface area (Å²) >= 11 is 0. The molecule has 0 aromatic heterocycles. The molecule has 1 heterocycles. The van der Waals surface area contributed by atoms with Crippen LogP contribution < -0.4 is 14.8 Å². The lowest BCUT2D eigenvalue weighted by Gasteiger charge is -2.35. The lowest BCUT2D eigenvalue weighted by Crippen LogP contribution is -2.41. The van der Waals surface area contributed by atoms with Crippen molar-refractivity contribution in [3.05, 3.63) is 18.2 Å². The smallest absolute Gasteiger partial charge is 0.162 e. The van der Waals surface area contributed by atoms with Gasteiger partial charge in [0.25, 0.3) is 0 Å². The fraction of sp³-hybridized carbons (Fsp3) is 0.647. The Labute approximate surface area is 128 Å². The van der Waals surface area contributed by atoms with Crippen LogP contribution in [0, 0.1) is 5.92 Å².